The van der Waals surface area contributed by atoms with Gasteiger partial charge in [-0.1, -0.05) is 30.7 Å². The summed E-state index contributed by atoms with van der Waals surface area (Å²) in [6.45, 7) is 3.90. The fraction of sp³-hybridized carbons (Fsp3) is 0.533. The smallest absolute Gasteiger partial charge is 0.306 e. The van der Waals surface area contributed by atoms with Crippen molar-refractivity contribution in [3.8, 4) is 0 Å². The average Bonchev–Trinajstić information content (AvgIpc) is 2.38. The molecule has 4 heteroatoms. The molecule has 0 fully saturated rings. The molecule has 0 heterocycles. The Labute approximate surface area is 120 Å². The highest BCUT2D eigenvalue weighted by molar-refractivity contribution is 6.30. The van der Waals surface area contributed by atoms with E-state index in [-0.39, 0.29) is 5.97 Å². The molecule has 1 atom stereocenters. The van der Waals surface area contributed by atoms with Gasteiger partial charge in [0.05, 0.1) is 13.5 Å². The summed E-state index contributed by atoms with van der Waals surface area (Å²) >= 11 is 5.87. The molecule has 0 radical (unpaired) electrons. The maximum Gasteiger partial charge on any atom is 0.306 e. The second-order valence-corrected chi connectivity index (χ2v) is 5.46. The molecule has 0 saturated heterocycles. The van der Waals surface area contributed by atoms with Crippen LogP contribution in [-0.4, -0.2) is 38.1 Å². The minimum absolute atomic E-state index is 0.155. The van der Waals surface area contributed by atoms with Crippen molar-refractivity contribution >= 4 is 17.6 Å². The van der Waals surface area contributed by atoms with E-state index in [2.05, 4.69) is 28.7 Å². The zero-order valence-corrected chi connectivity index (χ0v) is 12.6. The molecular formula is C15H22ClNO2. The minimum Gasteiger partial charge on any atom is -0.469 e. The fourth-order valence-electron chi connectivity index (χ4n) is 2.09. The number of methoxy groups -OCH3 is 1. The normalized spacial score (nSPS) is 12.5. The first-order valence-corrected chi connectivity index (χ1v) is 6.89. The number of esters is 1. The minimum atomic E-state index is -0.155. The van der Waals surface area contributed by atoms with Gasteiger partial charge >= 0.3 is 5.97 Å². The van der Waals surface area contributed by atoms with Crippen LogP contribution in [0.4, 0.5) is 0 Å². The van der Waals surface area contributed by atoms with Gasteiger partial charge in [0, 0.05) is 18.1 Å². The van der Waals surface area contributed by atoms with Gasteiger partial charge in [-0.05, 0) is 37.1 Å². The average molecular weight is 284 g/mol. The third-order valence-corrected chi connectivity index (χ3v) is 3.30. The Morgan fingerprint density at radius 3 is 2.58 bits per heavy atom. The first kappa shape index (κ1) is 16.0. The summed E-state index contributed by atoms with van der Waals surface area (Å²) < 4.78 is 4.63. The Kier molecular flexibility index (Phi) is 6.89. The molecule has 1 aromatic rings. The number of hydrogen-bond acceptors (Lipinski definition) is 3. The van der Waals surface area contributed by atoms with Crippen molar-refractivity contribution in [2.75, 3.05) is 27.2 Å². The van der Waals surface area contributed by atoms with Crippen LogP contribution >= 0.6 is 11.6 Å². The molecule has 0 amide bonds. The van der Waals surface area contributed by atoms with Gasteiger partial charge in [0.2, 0.25) is 0 Å². The van der Waals surface area contributed by atoms with Crippen LogP contribution in [0.1, 0.15) is 18.9 Å². The topological polar surface area (TPSA) is 29.5 Å². The first-order valence-electron chi connectivity index (χ1n) is 6.51. The van der Waals surface area contributed by atoms with Crippen LogP contribution in [0.25, 0.3) is 0 Å². The highest BCUT2D eigenvalue weighted by atomic mass is 35.5. The Morgan fingerprint density at radius 2 is 2.00 bits per heavy atom. The number of benzene rings is 1. The van der Waals surface area contributed by atoms with Gasteiger partial charge in [-0.15, -0.1) is 0 Å². The SMILES string of the molecule is COC(=O)CCN(C)CC(C)Cc1ccc(Cl)cc1. The predicted octanol–water partition coefficient (Wildman–Crippen LogP) is 3.01. The number of halogens is 1. The number of ether oxygens (including phenoxy) is 1. The molecule has 3 nitrogen and oxygen atoms in total. The van der Waals surface area contributed by atoms with Gasteiger partial charge in [-0.3, -0.25) is 4.79 Å². The lowest BCUT2D eigenvalue weighted by Crippen LogP contribution is -2.28. The third-order valence-electron chi connectivity index (χ3n) is 3.05. The van der Waals surface area contributed by atoms with E-state index in [1.54, 1.807) is 0 Å². The van der Waals surface area contributed by atoms with Crippen molar-refractivity contribution in [3.63, 3.8) is 0 Å². The molecule has 1 unspecified atom stereocenters. The van der Waals surface area contributed by atoms with Crippen molar-refractivity contribution in [1.82, 2.24) is 4.90 Å². The fourth-order valence-corrected chi connectivity index (χ4v) is 2.22. The molecule has 0 aromatic heterocycles. The monoisotopic (exact) mass is 283 g/mol. The summed E-state index contributed by atoms with van der Waals surface area (Å²) in [5.41, 5.74) is 1.29. The Morgan fingerprint density at radius 1 is 1.37 bits per heavy atom. The molecule has 1 aromatic carbocycles. The van der Waals surface area contributed by atoms with E-state index in [1.165, 1.54) is 12.7 Å². The van der Waals surface area contributed by atoms with E-state index < -0.39 is 0 Å². The second kappa shape index (κ2) is 8.18. The van der Waals surface area contributed by atoms with Gasteiger partial charge in [0.1, 0.15) is 0 Å². The number of hydrogen-bond donors (Lipinski definition) is 0. The summed E-state index contributed by atoms with van der Waals surface area (Å²) in [4.78, 5) is 13.2. The zero-order valence-electron chi connectivity index (χ0n) is 11.9. The van der Waals surface area contributed by atoms with Crippen LogP contribution in [0, 0.1) is 5.92 Å². The summed E-state index contributed by atoms with van der Waals surface area (Å²) in [6.07, 6.45) is 1.46. The summed E-state index contributed by atoms with van der Waals surface area (Å²) in [5, 5.41) is 0.770. The van der Waals surface area contributed by atoms with Crippen LogP contribution in [0.2, 0.25) is 5.02 Å². The van der Waals surface area contributed by atoms with Crippen molar-refractivity contribution < 1.29 is 9.53 Å². The van der Waals surface area contributed by atoms with Crippen molar-refractivity contribution in [1.29, 1.82) is 0 Å². The highest BCUT2D eigenvalue weighted by Gasteiger charge is 2.09. The molecule has 19 heavy (non-hydrogen) atoms. The van der Waals surface area contributed by atoms with Crippen LogP contribution < -0.4 is 0 Å². The first-order chi connectivity index (χ1) is 9.01. The van der Waals surface area contributed by atoms with Crippen molar-refractivity contribution in [2.45, 2.75) is 19.8 Å². The Bertz CT molecular complexity index is 392. The molecule has 0 spiro atoms. The summed E-state index contributed by atoms with van der Waals surface area (Å²) in [5.74, 6) is 0.376. The quantitative estimate of drug-likeness (QED) is 0.721. The molecule has 0 aliphatic carbocycles. The molecule has 1 rings (SSSR count). The Hall–Kier alpha value is -1.06. The largest absolute Gasteiger partial charge is 0.469 e. The number of carbonyl (C=O) groups excluding carboxylic acids is 1. The lowest BCUT2D eigenvalue weighted by Gasteiger charge is -2.20. The molecule has 106 valence electrons. The third kappa shape index (κ3) is 6.60. The zero-order chi connectivity index (χ0) is 14.3. The standard InChI is InChI=1S/C15H22ClNO2/c1-12(10-13-4-6-14(16)7-5-13)11-17(2)9-8-15(18)19-3/h4-7,12H,8-11H2,1-3H3. The van der Waals surface area contributed by atoms with Crippen LogP contribution in [0.5, 0.6) is 0 Å². The molecule has 0 aliphatic heterocycles. The van der Waals surface area contributed by atoms with E-state index in [1.807, 2.05) is 19.2 Å². The molecule has 0 aliphatic rings. The van der Waals surface area contributed by atoms with E-state index in [9.17, 15) is 4.79 Å². The van der Waals surface area contributed by atoms with Crippen LogP contribution in [0.3, 0.4) is 0 Å². The van der Waals surface area contributed by atoms with Crippen molar-refractivity contribution in [3.05, 3.63) is 34.9 Å². The molecule has 0 saturated carbocycles. The highest BCUT2D eigenvalue weighted by Crippen LogP contribution is 2.14. The lowest BCUT2D eigenvalue weighted by molar-refractivity contribution is -0.140. The van der Waals surface area contributed by atoms with E-state index in [0.29, 0.717) is 12.3 Å². The molecular weight excluding hydrogens is 262 g/mol. The molecule has 0 N–H and O–H groups in total. The van der Waals surface area contributed by atoms with Gasteiger partial charge < -0.3 is 9.64 Å². The van der Waals surface area contributed by atoms with E-state index in [4.69, 9.17) is 11.6 Å². The van der Waals surface area contributed by atoms with Crippen LogP contribution in [0.15, 0.2) is 24.3 Å². The van der Waals surface area contributed by atoms with Gasteiger partial charge in [0.15, 0.2) is 0 Å². The maximum atomic E-state index is 11.1. The molecule has 0 bridgehead atoms. The van der Waals surface area contributed by atoms with E-state index in [0.717, 1.165) is 24.5 Å². The maximum absolute atomic E-state index is 11.1. The second-order valence-electron chi connectivity index (χ2n) is 5.02. The van der Waals surface area contributed by atoms with Gasteiger partial charge in [0.25, 0.3) is 0 Å². The van der Waals surface area contributed by atoms with E-state index >= 15 is 0 Å². The number of rotatable bonds is 7. The number of nitrogens with zero attached hydrogens (tertiary/aromatic N) is 1. The Balaban J connectivity index is 2.32. The van der Waals surface area contributed by atoms with Gasteiger partial charge in [-0.2, -0.15) is 0 Å². The van der Waals surface area contributed by atoms with Gasteiger partial charge in [-0.25, -0.2) is 0 Å². The van der Waals surface area contributed by atoms with Crippen LogP contribution in [-0.2, 0) is 16.0 Å². The number of carbonyl (C=O) groups is 1. The lowest BCUT2D eigenvalue weighted by atomic mass is 10.0. The predicted molar refractivity (Wildman–Crippen MR) is 78.5 cm³/mol. The summed E-state index contributed by atoms with van der Waals surface area (Å²) in [7, 11) is 3.45. The summed E-state index contributed by atoms with van der Waals surface area (Å²) in [6, 6.07) is 7.97. The van der Waals surface area contributed by atoms with Crippen molar-refractivity contribution in [2.24, 2.45) is 5.92 Å².